The molecular weight excluding hydrogens is 508 g/mol. The van der Waals surface area contributed by atoms with Crippen LogP contribution in [0.2, 0.25) is 0 Å². The van der Waals surface area contributed by atoms with Gasteiger partial charge in [-0.15, -0.1) is 0 Å². The summed E-state index contributed by atoms with van der Waals surface area (Å²) in [6, 6.07) is 9.53. The van der Waals surface area contributed by atoms with Gasteiger partial charge in [-0.05, 0) is 44.0 Å². The quantitative estimate of drug-likeness (QED) is 0.515. The molecular formula is C25H31F2N3O6S. The van der Waals surface area contributed by atoms with Crippen LogP contribution in [0.1, 0.15) is 33.6 Å². The van der Waals surface area contributed by atoms with Gasteiger partial charge in [-0.2, -0.15) is 8.78 Å². The lowest BCUT2D eigenvalue weighted by atomic mass is 9.97. The van der Waals surface area contributed by atoms with Crippen LogP contribution in [0.5, 0.6) is 11.5 Å². The van der Waals surface area contributed by atoms with Gasteiger partial charge in [0, 0.05) is 51.8 Å². The van der Waals surface area contributed by atoms with Crippen molar-refractivity contribution in [3.05, 3.63) is 42.5 Å². The van der Waals surface area contributed by atoms with Crippen molar-refractivity contribution >= 4 is 33.2 Å². The van der Waals surface area contributed by atoms with E-state index in [1.54, 1.807) is 11.8 Å². The molecule has 1 aliphatic heterocycles. The summed E-state index contributed by atoms with van der Waals surface area (Å²) in [5.41, 5.74) is 0.449. The van der Waals surface area contributed by atoms with Gasteiger partial charge in [-0.3, -0.25) is 13.9 Å². The van der Waals surface area contributed by atoms with Crippen LogP contribution in [0.25, 0.3) is 0 Å². The third-order valence-electron chi connectivity index (χ3n) is 5.87. The summed E-state index contributed by atoms with van der Waals surface area (Å²) in [6.07, 6.45) is -2.08. The number of sulfonamides is 1. The van der Waals surface area contributed by atoms with E-state index in [4.69, 9.17) is 4.74 Å². The predicted octanol–water partition coefficient (Wildman–Crippen LogP) is 4.10. The van der Waals surface area contributed by atoms with Crippen molar-refractivity contribution in [1.29, 1.82) is 0 Å². The minimum atomic E-state index is -4.18. The maximum Gasteiger partial charge on any atom is 0.394 e. The number of hydrogen-bond donors (Lipinski definition) is 1. The molecule has 1 fully saturated rings. The summed E-state index contributed by atoms with van der Waals surface area (Å²) in [5.74, 6) is -0.913. The van der Waals surface area contributed by atoms with Crippen LogP contribution < -0.4 is 19.1 Å². The first-order chi connectivity index (χ1) is 17.3. The number of likely N-dealkylation sites (tertiary alicyclic amines) is 1. The van der Waals surface area contributed by atoms with Gasteiger partial charge in [0.1, 0.15) is 16.4 Å². The molecule has 1 saturated heterocycles. The van der Waals surface area contributed by atoms with Crippen molar-refractivity contribution in [2.45, 2.75) is 44.6 Å². The summed E-state index contributed by atoms with van der Waals surface area (Å²) >= 11 is 0. The lowest BCUT2D eigenvalue weighted by molar-refractivity contribution is -0.158. The molecule has 2 aromatic carbocycles. The number of anilines is 2. The molecule has 12 heteroatoms. The monoisotopic (exact) mass is 539 g/mol. The lowest BCUT2D eigenvalue weighted by Gasteiger charge is -2.31. The van der Waals surface area contributed by atoms with Crippen molar-refractivity contribution in [2.24, 2.45) is 5.92 Å². The SMILES string of the molecule is CCOc1cc(NC(=O)C2CCCN(C(C)=O)C2)ccc1S(=O)(=O)N(C)c1cccc(OC(C)(F)F)c1. The average molecular weight is 540 g/mol. The van der Waals surface area contributed by atoms with Gasteiger partial charge in [0.15, 0.2) is 0 Å². The Balaban J connectivity index is 1.84. The average Bonchev–Trinajstić information content (AvgIpc) is 2.83. The summed E-state index contributed by atoms with van der Waals surface area (Å²) in [7, 11) is -2.89. The van der Waals surface area contributed by atoms with Crippen LogP contribution in [0, 0.1) is 5.92 Å². The Labute approximate surface area is 215 Å². The lowest BCUT2D eigenvalue weighted by Crippen LogP contribution is -2.42. The second-order valence-electron chi connectivity index (χ2n) is 8.77. The maximum atomic E-state index is 13.4. The van der Waals surface area contributed by atoms with Gasteiger partial charge >= 0.3 is 6.11 Å². The standard InChI is InChI=1S/C25H31F2N3O6S/c1-5-35-22-14-19(28-24(32)18-8-7-13-30(16-18)17(2)31)11-12-23(22)37(33,34)29(4)20-9-6-10-21(15-20)36-25(3,26)27/h6,9-12,14-15,18H,5,7-8,13,16H2,1-4H3,(H,28,32). The number of piperidine rings is 1. The topological polar surface area (TPSA) is 105 Å². The first-order valence-corrected chi connectivity index (χ1v) is 13.2. The molecule has 1 heterocycles. The van der Waals surface area contributed by atoms with Crippen molar-refractivity contribution < 1.29 is 36.3 Å². The van der Waals surface area contributed by atoms with Crippen molar-refractivity contribution in [3.8, 4) is 11.5 Å². The van der Waals surface area contributed by atoms with Gasteiger partial charge in [0.2, 0.25) is 11.8 Å². The van der Waals surface area contributed by atoms with Gasteiger partial charge in [-0.25, -0.2) is 8.42 Å². The Morgan fingerprint density at radius 3 is 2.59 bits per heavy atom. The third kappa shape index (κ3) is 7.09. The minimum absolute atomic E-state index is 0.0219. The number of nitrogens with zero attached hydrogens (tertiary/aromatic N) is 2. The Morgan fingerprint density at radius 2 is 1.95 bits per heavy atom. The zero-order chi connectivity index (χ0) is 27.4. The number of carbonyl (C=O) groups is 2. The summed E-state index contributed by atoms with van der Waals surface area (Å²) < 4.78 is 64.5. The number of hydrogen-bond acceptors (Lipinski definition) is 6. The fourth-order valence-corrected chi connectivity index (χ4v) is 5.32. The van der Waals surface area contributed by atoms with E-state index in [0.29, 0.717) is 38.5 Å². The molecule has 1 unspecified atom stereocenters. The highest BCUT2D eigenvalue weighted by molar-refractivity contribution is 7.92. The molecule has 1 aliphatic rings. The number of carbonyl (C=O) groups excluding carboxylic acids is 2. The van der Waals surface area contributed by atoms with Crippen molar-refractivity contribution in [2.75, 3.05) is 36.4 Å². The summed E-state index contributed by atoms with van der Waals surface area (Å²) in [4.78, 5) is 26.0. The normalized spacial score (nSPS) is 16.2. The Kier molecular flexibility index (Phi) is 8.62. The van der Waals surface area contributed by atoms with E-state index in [-0.39, 0.29) is 46.4 Å². The number of amides is 2. The van der Waals surface area contributed by atoms with Crippen LogP contribution in [0.3, 0.4) is 0 Å². The van der Waals surface area contributed by atoms with Crippen molar-refractivity contribution in [1.82, 2.24) is 4.90 Å². The summed E-state index contributed by atoms with van der Waals surface area (Å²) in [6.45, 7) is 4.84. The largest absolute Gasteiger partial charge is 0.492 e. The molecule has 0 radical (unpaired) electrons. The summed E-state index contributed by atoms with van der Waals surface area (Å²) in [5, 5.41) is 2.79. The highest BCUT2D eigenvalue weighted by Gasteiger charge is 2.29. The number of halogens is 2. The number of benzene rings is 2. The van der Waals surface area contributed by atoms with E-state index in [2.05, 4.69) is 10.1 Å². The molecule has 1 atom stereocenters. The zero-order valence-electron chi connectivity index (χ0n) is 21.2. The van der Waals surface area contributed by atoms with E-state index < -0.39 is 16.1 Å². The second-order valence-corrected chi connectivity index (χ2v) is 10.7. The highest BCUT2D eigenvalue weighted by atomic mass is 32.2. The second kappa shape index (κ2) is 11.3. The Morgan fingerprint density at radius 1 is 1.22 bits per heavy atom. The fourth-order valence-electron chi connectivity index (χ4n) is 4.02. The third-order valence-corrected chi connectivity index (χ3v) is 7.69. The number of ether oxygens (including phenoxy) is 2. The minimum Gasteiger partial charge on any atom is -0.492 e. The molecule has 2 aromatic rings. The van der Waals surface area contributed by atoms with Crippen LogP contribution in [0.4, 0.5) is 20.2 Å². The smallest absolute Gasteiger partial charge is 0.394 e. The van der Waals surface area contributed by atoms with Crippen LogP contribution in [-0.2, 0) is 19.6 Å². The number of alkyl halides is 2. The molecule has 1 N–H and O–H groups in total. The van der Waals surface area contributed by atoms with Gasteiger partial charge in [0.05, 0.1) is 18.2 Å². The molecule has 0 aliphatic carbocycles. The van der Waals surface area contributed by atoms with Crippen LogP contribution >= 0.6 is 0 Å². The predicted molar refractivity (Wildman–Crippen MR) is 134 cm³/mol. The first kappa shape index (κ1) is 28.2. The molecule has 202 valence electrons. The van der Waals surface area contributed by atoms with E-state index in [0.717, 1.165) is 4.31 Å². The highest BCUT2D eigenvalue weighted by Crippen LogP contribution is 2.34. The molecule has 0 saturated carbocycles. The molecule has 37 heavy (non-hydrogen) atoms. The Bertz CT molecular complexity index is 1250. The van der Waals surface area contributed by atoms with E-state index in [9.17, 15) is 26.8 Å². The van der Waals surface area contributed by atoms with E-state index >= 15 is 0 Å². The van der Waals surface area contributed by atoms with Gasteiger partial charge < -0.3 is 19.7 Å². The number of rotatable bonds is 9. The fraction of sp³-hybridized carbons (Fsp3) is 0.440. The molecule has 0 aromatic heterocycles. The van der Waals surface area contributed by atoms with Crippen LogP contribution in [-0.4, -0.2) is 58.0 Å². The van der Waals surface area contributed by atoms with E-state index in [1.807, 2.05) is 0 Å². The van der Waals surface area contributed by atoms with Crippen molar-refractivity contribution in [3.63, 3.8) is 0 Å². The molecule has 0 spiro atoms. The molecule has 2 amide bonds. The molecule has 9 nitrogen and oxygen atoms in total. The van der Waals surface area contributed by atoms with Crippen LogP contribution in [0.15, 0.2) is 47.4 Å². The van der Waals surface area contributed by atoms with Gasteiger partial charge in [-0.1, -0.05) is 6.07 Å². The molecule has 3 rings (SSSR count). The number of nitrogens with one attached hydrogen (secondary N) is 1. The maximum absolute atomic E-state index is 13.4. The Hall–Kier alpha value is -3.41. The molecule has 0 bridgehead atoms. The van der Waals surface area contributed by atoms with Gasteiger partial charge in [0.25, 0.3) is 10.0 Å². The zero-order valence-corrected chi connectivity index (χ0v) is 22.0. The van der Waals surface area contributed by atoms with E-state index in [1.165, 1.54) is 56.4 Å². The first-order valence-electron chi connectivity index (χ1n) is 11.8.